The lowest BCUT2D eigenvalue weighted by molar-refractivity contribution is 0.0783. The monoisotopic (exact) mass is 458 g/mol. The van der Waals surface area contributed by atoms with Gasteiger partial charge in [-0.1, -0.05) is 28.1 Å². The van der Waals surface area contributed by atoms with Gasteiger partial charge >= 0.3 is 0 Å². The van der Waals surface area contributed by atoms with Gasteiger partial charge in [-0.25, -0.2) is 4.98 Å². The van der Waals surface area contributed by atoms with E-state index in [1.165, 1.54) is 11.1 Å². The second-order valence-corrected chi connectivity index (χ2v) is 8.76. The largest absolute Gasteiger partial charge is 0.486 e. The molecule has 0 aliphatic carbocycles. The number of halogens is 1. The van der Waals surface area contributed by atoms with Gasteiger partial charge in [0.25, 0.3) is 5.91 Å². The molecule has 1 amide bonds. The Bertz CT molecular complexity index is 1000. The number of hydrogen-bond acceptors (Lipinski definition) is 4. The molecule has 1 heterocycles. The topological polar surface area (TPSA) is 42.4 Å². The first kappa shape index (κ1) is 20.6. The fourth-order valence-electron chi connectivity index (χ4n) is 2.93. The Labute approximate surface area is 178 Å². The van der Waals surface area contributed by atoms with Crippen LogP contribution < -0.4 is 4.74 Å². The normalized spacial score (nSPS) is 10.8. The van der Waals surface area contributed by atoms with Crippen molar-refractivity contribution in [3.05, 3.63) is 79.2 Å². The van der Waals surface area contributed by atoms with Gasteiger partial charge in [0.2, 0.25) is 0 Å². The molecule has 6 heteroatoms. The molecule has 0 radical (unpaired) electrons. The predicted molar refractivity (Wildman–Crippen MR) is 117 cm³/mol. The highest BCUT2D eigenvalue weighted by Crippen LogP contribution is 2.25. The number of nitrogens with zero attached hydrogens (tertiary/aromatic N) is 2. The van der Waals surface area contributed by atoms with Gasteiger partial charge in [0.05, 0.1) is 12.2 Å². The van der Waals surface area contributed by atoms with Crippen molar-refractivity contribution in [3.63, 3.8) is 0 Å². The van der Waals surface area contributed by atoms with Crippen molar-refractivity contribution in [1.82, 2.24) is 9.88 Å². The molecule has 0 saturated carbocycles. The minimum Gasteiger partial charge on any atom is -0.486 e. The minimum absolute atomic E-state index is 0.0297. The number of rotatable bonds is 6. The van der Waals surface area contributed by atoms with E-state index in [0.717, 1.165) is 26.5 Å². The van der Waals surface area contributed by atoms with Gasteiger partial charge in [-0.05, 0) is 61.7 Å². The van der Waals surface area contributed by atoms with Crippen LogP contribution in [0.2, 0.25) is 0 Å². The van der Waals surface area contributed by atoms with Crippen LogP contribution in [0.5, 0.6) is 5.75 Å². The van der Waals surface area contributed by atoms with E-state index in [1.807, 2.05) is 29.6 Å². The number of carbonyl (C=O) groups is 1. The van der Waals surface area contributed by atoms with Crippen LogP contribution in [0.4, 0.5) is 0 Å². The van der Waals surface area contributed by atoms with Crippen LogP contribution in [-0.2, 0) is 13.2 Å². The van der Waals surface area contributed by atoms with Crippen LogP contribution in [0.3, 0.4) is 0 Å². The predicted octanol–water partition coefficient (Wildman–Crippen LogP) is 5.68. The summed E-state index contributed by atoms with van der Waals surface area (Å²) >= 11 is 4.96. The van der Waals surface area contributed by atoms with E-state index in [-0.39, 0.29) is 5.91 Å². The molecule has 0 N–H and O–H groups in total. The molecule has 0 spiro atoms. The molecule has 0 atom stereocenters. The summed E-state index contributed by atoms with van der Waals surface area (Å²) in [6, 6.07) is 11.6. The summed E-state index contributed by atoms with van der Waals surface area (Å²) in [5.74, 6) is 0.870. The third-order valence-corrected chi connectivity index (χ3v) is 5.90. The van der Waals surface area contributed by atoms with Crippen LogP contribution in [0.15, 0.2) is 46.3 Å². The molecule has 4 nitrogen and oxygen atoms in total. The maximum Gasteiger partial charge on any atom is 0.253 e. The molecule has 28 heavy (non-hydrogen) atoms. The smallest absolute Gasteiger partial charge is 0.253 e. The zero-order valence-electron chi connectivity index (χ0n) is 16.5. The Hall–Kier alpha value is -2.18. The van der Waals surface area contributed by atoms with Gasteiger partial charge in [-0.15, -0.1) is 11.3 Å². The van der Waals surface area contributed by atoms with Gasteiger partial charge in [0.1, 0.15) is 17.4 Å². The standard InChI is InChI=1S/C22H23BrN2O2S/c1-14-8-15(2)16(3)20(9-14)27-12-21-24-19(13-28-21)11-25(4)22(26)17-6-5-7-18(23)10-17/h5-10,13H,11-12H2,1-4H3. The van der Waals surface area contributed by atoms with E-state index in [9.17, 15) is 4.79 Å². The van der Waals surface area contributed by atoms with E-state index in [0.29, 0.717) is 18.7 Å². The molecule has 2 aromatic carbocycles. The molecule has 146 valence electrons. The molecular formula is C22H23BrN2O2S. The van der Waals surface area contributed by atoms with Gasteiger partial charge in [-0.2, -0.15) is 0 Å². The van der Waals surface area contributed by atoms with E-state index >= 15 is 0 Å². The second kappa shape index (κ2) is 8.88. The lowest BCUT2D eigenvalue weighted by atomic mass is 10.1. The molecule has 3 aromatic rings. The third kappa shape index (κ3) is 5.00. The molecule has 0 aliphatic rings. The van der Waals surface area contributed by atoms with Crippen LogP contribution in [-0.4, -0.2) is 22.8 Å². The van der Waals surface area contributed by atoms with Crippen molar-refractivity contribution < 1.29 is 9.53 Å². The molecule has 1 aromatic heterocycles. The summed E-state index contributed by atoms with van der Waals surface area (Å²) in [7, 11) is 1.79. The first-order chi connectivity index (χ1) is 13.3. The van der Waals surface area contributed by atoms with Crippen molar-refractivity contribution in [2.45, 2.75) is 33.9 Å². The Kier molecular flexibility index (Phi) is 6.52. The highest BCUT2D eigenvalue weighted by molar-refractivity contribution is 9.10. The second-order valence-electron chi connectivity index (χ2n) is 6.90. The first-order valence-corrected chi connectivity index (χ1v) is 10.7. The van der Waals surface area contributed by atoms with Crippen LogP contribution >= 0.6 is 27.3 Å². The molecular weight excluding hydrogens is 436 g/mol. The molecule has 3 rings (SSSR count). The highest BCUT2D eigenvalue weighted by atomic mass is 79.9. The number of ether oxygens (including phenoxy) is 1. The maximum atomic E-state index is 12.6. The number of benzene rings is 2. The quantitative estimate of drug-likeness (QED) is 0.476. The van der Waals surface area contributed by atoms with Crippen molar-refractivity contribution in [2.24, 2.45) is 0 Å². The molecule has 0 unspecified atom stereocenters. The van der Waals surface area contributed by atoms with E-state index in [4.69, 9.17) is 4.74 Å². The summed E-state index contributed by atoms with van der Waals surface area (Å²) in [6.45, 7) is 7.12. The maximum absolute atomic E-state index is 12.6. The van der Waals surface area contributed by atoms with E-state index in [2.05, 4.69) is 53.8 Å². The third-order valence-electron chi connectivity index (χ3n) is 4.53. The number of carbonyl (C=O) groups excluding carboxylic acids is 1. The molecule has 0 aliphatic heterocycles. The Morgan fingerprint density at radius 1 is 1.21 bits per heavy atom. The van der Waals surface area contributed by atoms with E-state index in [1.54, 1.807) is 23.3 Å². The highest BCUT2D eigenvalue weighted by Gasteiger charge is 2.14. The number of aromatic nitrogens is 1. The summed E-state index contributed by atoms with van der Waals surface area (Å²) < 4.78 is 6.89. The zero-order valence-corrected chi connectivity index (χ0v) is 18.9. The van der Waals surface area contributed by atoms with Crippen molar-refractivity contribution in [2.75, 3.05) is 7.05 Å². The van der Waals surface area contributed by atoms with Crippen LogP contribution in [0.25, 0.3) is 0 Å². The first-order valence-electron chi connectivity index (χ1n) is 8.98. The Morgan fingerprint density at radius 2 is 2.00 bits per heavy atom. The van der Waals surface area contributed by atoms with Gasteiger partial charge in [0.15, 0.2) is 0 Å². The SMILES string of the molecule is Cc1cc(C)c(C)c(OCc2nc(CN(C)C(=O)c3cccc(Br)c3)cs2)c1. The Balaban J connectivity index is 1.62. The van der Waals surface area contributed by atoms with Gasteiger partial charge in [-0.3, -0.25) is 4.79 Å². The minimum atomic E-state index is -0.0297. The summed E-state index contributed by atoms with van der Waals surface area (Å²) in [5.41, 5.74) is 5.09. The average molecular weight is 459 g/mol. The lowest BCUT2D eigenvalue weighted by Gasteiger charge is -2.16. The van der Waals surface area contributed by atoms with Crippen LogP contribution in [0.1, 0.15) is 37.7 Å². The van der Waals surface area contributed by atoms with Crippen molar-refractivity contribution in [3.8, 4) is 5.75 Å². The molecule has 0 bridgehead atoms. The fourth-order valence-corrected chi connectivity index (χ4v) is 4.03. The Morgan fingerprint density at radius 3 is 2.75 bits per heavy atom. The summed E-state index contributed by atoms with van der Waals surface area (Å²) in [5, 5.41) is 2.88. The number of thiazole rings is 1. The van der Waals surface area contributed by atoms with Crippen molar-refractivity contribution in [1.29, 1.82) is 0 Å². The molecule has 0 fully saturated rings. The van der Waals surface area contributed by atoms with Gasteiger partial charge in [0, 0.05) is 22.5 Å². The lowest BCUT2D eigenvalue weighted by Crippen LogP contribution is -2.26. The average Bonchev–Trinajstić information content (AvgIpc) is 3.10. The number of aryl methyl sites for hydroxylation is 2. The zero-order chi connectivity index (χ0) is 20.3. The van der Waals surface area contributed by atoms with E-state index < -0.39 is 0 Å². The van der Waals surface area contributed by atoms with Gasteiger partial charge < -0.3 is 9.64 Å². The molecule has 0 saturated heterocycles. The summed E-state index contributed by atoms with van der Waals surface area (Å²) in [4.78, 5) is 18.9. The number of amides is 1. The van der Waals surface area contributed by atoms with Crippen molar-refractivity contribution >= 4 is 33.2 Å². The number of hydrogen-bond donors (Lipinski definition) is 0. The fraction of sp³-hybridized carbons (Fsp3) is 0.273. The summed E-state index contributed by atoms with van der Waals surface area (Å²) in [6.07, 6.45) is 0. The van der Waals surface area contributed by atoms with Crippen LogP contribution in [0, 0.1) is 20.8 Å².